The fourth-order valence-electron chi connectivity index (χ4n) is 3.27. The van der Waals surface area contributed by atoms with E-state index in [0.717, 1.165) is 5.56 Å². The first-order valence-electron chi connectivity index (χ1n) is 9.71. The molecule has 0 spiro atoms. The van der Waals surface area contributed by atoms with E-state index in [0.29, 0.717) is 29.6 Å². The number of amides is 2. The van der Waals surface area contributed by atoms with Crippen LogP contribution in [0.5, 0.6) is 23.0 Å². The highest BCUT2D eigenvalue weighted by Crippen LogP contribution is 2.38. The van der Waals surface area contributed by atoms with Crippen LogP contribution in [0.15, 0.2) is 41.4 Å². The van der Waals surface area contributed by atoms with Crippen LogP contribution in [-0.2, 0) is 4.79 Å². The van der Waals surface area contributed by atoms with Crippen molar-refractivity contribution in [3.63, 3.8) is 0 Å². The maximum atomic E-state index is 12.8. The molecule has 0 unspecified atom stereocenters. The second-order valence-electron chi connectivity index (χ2n) is 6.58. The number of hydrogen-bond donors (Lipinski definition) is 2. The van der Waals surface area contributed by atoms with Crippen molar-refractivity contribution in [2.45, 2.75) is 19.4 Å². The van der Waals surface area contributed by atoms with Gasteiger partial charge in [-0.15, -0.1) is 0 Å². The van der Waals surface area contributed by atoms with E-state index < -0.39 is 11.9 Å². The highest BCUT2D eigenvalue weighted by Gasteiger charge is 2.26. The Hall–Kier alpha value is -3.75. The molecular formula is C22H25N3O6. The number of rotatable bonds is 7. The molecule has 0 bridgehead atoms. The zero-order valence-corrected chi connectivity index (χ0v) is 17.9. The zero-order chi connectivity index (χ0) is 22.4. The van der Waals surface area contributed by atoms with Gasteiger partial charge in [0.2, 0.25) is 17.6 Å². The Morgan fingerprint density at radius 3 is 2.39 bits per heavy atom. The van der Waals surface area contributed by atoms with E-state index in [1.807, 2.05) is 31.2 Å². The third kappa shape index (κ3) is 4.88. The van der Waals surface area contributed by atoms with Crippen molar-refractivity contribution in [2.75, 3.05) is 27.9 Å². The molecule has 2 amide bonds. The average Bonchev–Trinajstić information content (AvgIpc) is 2.78. The van der Waals surface area contributed by atoms with E-state index in [-0.39, 0.29) is 23.9 Å². The Bertz CT molecular complexity index is 979. The highest BCUT2D eigenvalue weighted by molar-refractivity contribution is 6.11. The van der Waals surface area contributed by atoms with Crippen LogP contribution in [0.4, 0.5) is 0 Å². The second kappa shape index (κ2) is 9.84. The predicted molar refractivity (Wildman–Crippen MR) is 114 cm³/mol. The van der Waals surface area contributed by atoms with Gasteiger partial charge in [-0.2, -0.15) is 0 Å². The number of aliphatic imine (C=N–C) groups is 1. The smallest absolute Gasteiger partial charge is 0.258 e. The molecule has 9 nitrogen and oxygen atoms in total. The van der Waals surface area contributed by atoms with Gasteiger partial charge in [-0.1, -0.05) is 18.2 Å². The number of nitrogens with one attached hydrogen (secondary N) is 2. The largest absolute Gasteiger partial charge is 0.494 e. The van der Waals surface area contributed by atoms with E-state index in [9.17, 15) is 9.59 Å². The number of guanidine groups is 1. The van der Waals surface area contributed by atoms with Crippen molar-refractivity contribution in [2.24, 2.45) is 4.99 Å². The first-order chi connectivity index (χ1) is 15.0. The molecule has 0 fully saturated rings. The Balaban J connectivity index is 1.88. The number of carbonyl (C=O) groups excluding carboxylic acids is 2. The summed E-state index contributed by atoms with van der Waals surface area (Å²) in [7, 11) is 4.41. The summed E-state index contributed by atoms with van der Waals surface area (Å²) in [5.74, 6) is 1.02. The summed E-state index contributed by atoms with van der Waals surface area (Å²) in [5.41, 5.74) is 1.03. The molecule has 0 saturated carbocycles. The molecule has 1 atom stereocenters. The Labute approximate surface area is 180 Å². The van der Waals surface area contributed by atoms with Gasteiger partial charge in [0.05, 0.1) is 40.4 Å². The molecule has 2 aromatic carbocycles. The number of carbonyl (C=O) groups is 2. The molecule has 1 aliphatic rings. The van der Waals surface area contributed by atoms with Gasteiger partial charge in [0, 0.05) is 11.1 Å². The highest BCUT2D eigenvalue weighted by atomic mass is 16.5. The lowest BCUT2D eigenvalue weighted by Crippen LogP contribution is -2.47. The maximum Gasteiger partial charge on any atom is 0.258 e. The van der Waals surface area contributed by atoms with Crippen molar-refractivity contribution in [1.29, 1.82) is 0 Å². The van der Waals surface area contributed by atoms with Crippen LogP contribution in [0.2, 0.25) is 0 Å². The van der Waals surface area contributed by atoms with Crippen molar-refractivity contribution in [3.05, 3.63) is 47.5 Å². The normalized spacial score (nSPS) is 15.4. The number of benzene rings is 2. The predicted octanol–water partition coefficient (Wildman–Crippen LogP) is 2.46. The number of ether oxygens (including phenoxy) is 4. The molecule has 9 heteroatoms. The fraction of sp³-hybridized carbons (Fsp3) is 0.318. The van der Waals surface area contributed by atoms with E-state index >= 15 is 0 Å². The summed E-state index contributed by atoms with van der Waals surface area (Å²) in [6.45, 7) is 2.38. The molecule has 3 rings (SSSR count). The van der Waals surface area contributed by atoms with Gasteiger partial charge in [0.25, 0.3) is 5.91 Å². The SMILES string of the molecule is CCOc1ccccc1[C@H]1CC(=O)NC(NC(=O)c2cc(OC)c(OC)c(OC)c2)=N1. The Morgan fingerprint density at radius 2 is 1.77 bits per heavy atom. The van der Waals surface area contributed by atoms with Gasteiger partial charge >= 0.3 is 0 Å². The third-order valence-electron chi connectivity index (χ3n) is 4.66. The summed E-state index contributed by atoms with van der Waals surface area (Å²) < 4.78 is 21.5. The topological polar surface area (TPSA) is 107 Å². The number of nitrogens with zero attached hydrogens (tertiary/aromatic N) is 1. The Kier molecular flexibility index (Phi) is 6.96. The quantitative estimate of drug-likeness (QED) is 0.703. The van der Waals surface area contributed by atoms with Crippen molar-refractivity contribution in [1.82, 2.24) is 10.6 Å². The van der Waals surface area contributed by atoms with Crippen molar-refractivity contribution < 1.29 is 28.5 Å². The minimum absolute atomic E-state index is 0.0614. The molecule has 2 aromatic rings. The van der Waals surface area contributed by atoms with Crippen LogP contribution in [0.3, 0.4) is 0 Å². The van der Waals surface area contributed by atoms with E-state index in [1.165, 1.54) is 33.5 Å². The summed E-state index contributed by atoms with van der Waals surface area (Å²) in [6.07, 6.45) is 0.146. The minimum atomic E-state index is -0.489. The van der Waals surface area contributed by atoms with Crippen LogP contribution >= 0.6 is 0 Å². The van der Waals surface area contributed by atoms with E-state index in [4.69, 9.17) is 18.9 Å². The van der Waals surface area contributed by atoms with E-state index in [1.54, 1.807) is 0 Å². The summed E-state index contributed by atoms with van der Waals surface area (Å²) in [4.78, 5) is 29.7. The number of methoxy groups -OCH3 is 3. The van der Waals surface area contributed by atoms with E-state index in [2.05, 4.69) is 15.6 Å². The van der Waals surface area contributed by atoms with Crippen LogP contribution in [0.1, 0.15) is 35.3 Å². The molecule has 0 aliphatic carbocycles. The monoisotopic (exact) mass is 427 g/mol. The van der Waals surface area contributed by atoms with Gasteiger partial charge in [-0.05, 0) is 25.1 Å². The molecule has 164 valence electrons. The average molecular weight is 427 g/mol. The molecule has 0 aromatic heterocycles. The van der Waals surface area contributed by atoms with Gasteiger partial charge < -0.3 is 18.9 Å². The summed E-state index contributed by atoms with van der Waals surface area (Å²) in [5, 5.41) is 5.24. The maximum absolute atomic E-state index is 12.8. The lowest BCUT2D eigenvalue weighted by molar-refractivity contribution is -0.120. The second-order valence-corrected chi connectivity index (χ2v) is 6.58. The minimum Gasteiger partial charge on any atom is -0.494 e. The molecule has 0 radical (unpaired) electrons. The van der Waals surface area contributed by atoms with Crippen molar-refractivity contribution in [3.8, 4) is 23.0 Å². The van der Waals surface area contributed by atoms with Crippen LogP contribution in [0.25, 0.3) is 0 Å². The first-order valence-corrected chi connectivity index (χ1v) is 9.71. The lowest BCUT2D eigenvalue weighted by atomic mass is 10.0. The first kappa shape index (κ1) is 21.9. The summed E-state index contributed by atoms with van der Waals surface area (Å²) >= 11 is 0. The molecule has 1 heterocycles. The molecule has 1 aliphatic heterocycles. The van der Waals surface area contributed by atoms with Crippen LogP contribution < -0.4 is 29.6 Å². The standard InChI is InChI=1S/C22H25N3O6/c1-5-31-16-9-7-6-8-14(16)15-12-19(26)24-22(23-15)25-21(27)13-10-17(28-2)20(30-4)18(11-13)29-3/h6-11,15H,5,12H2,1-4H3,(H2,23,24,25,26,27)/t15-/m1/s1. The molecule has 31 heavy (non-hydrogen) atoms. The zero-order valence-electron chi connectivity index (χ0n) is 17.9. The lowest BCUT2D eigenvalue weighted by Gasteiger charge is -2.23. The third-order valence-corrected chi connectivity index (χ3v) is 4.66. The fourth-order valence-corrected chi connectivity index (χ4v) is 3.27. The number of para-hydroxylation sites is 1. The van der Waals surface area contributed by atoms with Crippen LogP contribution in [0, 0.1) is 0 Å². The molecular weight excluding hydrogens is 402 g/mol. The number of hydrogen-bond acceptors (Lipinski definition) is 7. The van der Waals surface area contributed by atoms with Crippen LogP contribution in [-0.4, -0.2) is 45.7 Å². The molecule has 0 saturated heterocycles. The van der Waals surface area contributed by atoms with Gasteiger partial charge in [-0.3, -0.25) is 20.2 Å². The van der Waals surface area contributed by atoms with Gasteiger partial charge in [0.1, 0.15) is 5.75 Å². The molecule has 2 N–H and O–H groups in total. The van der Waals surface area contributed by atoms with Crippen molar-refractivity contribution >= 4 is 17.8 Å². The summed E-state index contributed by atoms with van der Waals surface area (Å²) in [6, 6.07) is 9.95. The van der Waals surface area contributed by atoms with Gasteiger partial charge in [0.15, 0.2) is 11.5 Å². The Morgan fingerprint density at radius 1 is 1.10 bits per heavy atom. The van der Waals surface area contributed by atoms with Gasteiger partial charge in [-0.25, -0.2) is 4.99 Å².